The molecule has 0 saturated carbocycles. The van der Waals surface area contributed by atoms with Crippen LogP contribution in [0.1, 0.15) is 22.8 Å². The molecule has 0 amide bonds. The molecule has 9 nitrogen and oxygen atoms in total. The Morgan fingerprint density at radius 2 is 1.83 bits per heavy atom. The summed E-state index contributed by atoms with van der Waals surface area (Å²) in [4.78, 5) is 37.5. The summed E-state index contributed by atoms with van der Waals surface area (Å²) in [6, 6.07) is 2.84. The van der Waals surface area contributed by atoms with Crippen molar-refractivity contribution in [3.05, 3.63) is 63.2 Å². The number of hydrogen-bond donors (Lipinski definition) is 3. The summed E-state index contributed by atoms with van der Waals surface area (Å²) in [5.41, 5.74) is 2.66. The molecule has 1 aliphatic rings. The smallest absolute Gasteiger partial charge is 0.341 e. The summed E-state index contributed by atoms with van der Waals surface area (Å²) in [5.74, 6) is -5.29. The molecule has 2 aromatic carbocycles. The number of ether oxygens (including phenoxy) is 1. The Balaban J connectivity index is 2.10. The standard InChI is InChI=1S/C23H21F3N4O5/c1-11(31)35-10-12-6-15(24)17(27)8-18(12)30-9-14(23(33)34)22(32)13-7-16(25)21(19(26)20(13)30)29-4-2-28-3-5-29/h6-9,28H,2-5,10,27H2,1H3,(H,33,34). The summed E-state index contributed by atoms with van der Waals surface area (Å²) in [7, 11) is 0. The molecule has 1 aromatic heterocycles. The molecule has 12 heteroatoms. The number of nitrogen functional groups attached to an aromatic ring is 1. The number of fused-ring (bicyclic) bond motifs is 1. The second kappa shape index (κ2) is 9.29. The van der Waals surface area contributed by atoms with Gasteiger partial charge in [0.05, 0.1) is 22.3 Å². The number of esters is 1. The number of halogens is 3. The number of aromatic nitrogens is 1. The molecule has 1 aliphatic heterocycles. The zero-order valence-corrected chi connectivity index (χ0v) is 18.5. The number of nitrogens with zero attached hydrogens (tertiary/aromatic N) is 2. The van der Waals surface area contributed by atoms with E-state index in [1.807, 2.05) is 0 Å². The number of benzene rings is 2. The van der Waals surface area contributed by atoms with E-state index in [1.54, 1.807) is 0 Å². The normalized spacial score (nSPS) is 13.8. The van der Waals surface area contributed by atoms with Gasteiger partial charge < -0.3 is 30.4 Å². The van der Waals surface area contributed by atoms with Gasteiger partial charge in [0.2, 0.25) is 5.43 Å². The third kappa shape index (κ3) is 4.39. The fourth-order valence-electron chi connectivity index (χ4n) is 4.06. The van der Waals surface area contributed by atoms with Crippen LogP contribution in [0.5, 0.6) is 0 Å². The molecule has 1 saturated heterocycles. The zero-order chi connectivity index (χ0) is 25.4. The summed E-state index contributed by atoms with van der Waals surface area (Å²) in [6.45, 7) is 2.21. The Labute approximate surface area is 196 Å². The van der Waals surface area contributed by atoms with E-state index in [9.17, 15) is 23.9 Å². The molecule has 35 heavy (non-hydrogen) atoms. The molecule has 3 aromatic rings. The summed E-state index contributed by atoms with van der Waals surface area (Å²) in [6.07, 6.45) is 0.861. The lowest BCUT2D eigenvalue weighted by Gasteiger charge is -2.30. The van der Waals surface area contributed by atoms with Crippen LogP contribution in [0.3, 0.4) is 0 Å². The number of carboxylic acids is 1. The quantitative estimate of drug-likeness (QED) is 0.367. The van der Waals surface area contributed by atoms with Crippen LogP contribution in [0.4, 0.5) is 24.5 Å². The van der Waals surface area contributed by atoms with E-state index in [4.69, 9.17) is 10.5 Å². The van der Waals surface area contributed by atoms with Crippen LogP contribution in [-0.2, 0) is 16.1 Å². The third-order valence-corrected chi connectivity index (χ3v) is 5.71. The highest BCUT2D eigenvalue weighted by atomic mass is 19.1. The maximum Gasteiger partial charge on any atom is 0.341 e. The number of anilines is 2. The summed E-state index contributed by atoms with van der Waals surface area (Å²) < 4.78 is 51.3. The summed E-state index contributed by atoms with van der Waals surface area (Å²) >= 11 is 0. The Hall–Kier alpha value is -4.06. The molecular formula is C23H21F3N4O5. The molecule has 0 radical (unpaired) electrons. The van der Waals surface area contributed by atoms with E-state index >= 15 is 8.78 Å². The van der Waals surface area contributed by atoms with Crippen LogP contribution in [0.15, 0.2) is 29.2 Å². The number of nitrogens with one attached hydrogen (secondary N) is 1. The van der Waals surface area contributed by atoms with Crippen molar-refractivity contribution in [1.82, 2.24) is 9.88 Å². The molecule has 0 spiro atoms. The number of carboxylic acid groups (broad SMARTS) is 1. The van der Waals surface area contributed by atoms with Crippen molar-refractivity contribution in [1.29, 1.82) is 0 Å². The van der Waals surface area contributed by atoms with E-state index in [0.717, 1.165) is 35.9 Å². The summed E-state index contributed by atoms with van der Waals surface area (Å²) in [5, 5.41) is 12.1. The largest absolute Gasteiger partial charge is 0.477 e. The number of pyridine rings is 1. The van der Waals surface area contributed by atoms with Gasteiger partial charge in [-0.2, -0.15) is 0 Å². The zero-order valence-electron chi connectivity index (χ0n) is 18.5. The van der Waals surface area contributed by atoms with Gasteiger partial charge in [-0.1, -0.05) is 0 Å². The van der Waals surface area contributed by atoms with E-state index in [2.05, 4.69) is 5.32 Å². The van der Waals surface area contributed by atoms with Gasteiger partial charge in [0, 0.05) is 44.9 Å². The third-order valence-electron chi connectivity index (χ3n) is 5.71. The number of piperazine rings is 1. The number of carbonyl (C=O) groups is 2. The van der Waals surface area contributed by atoms with E-state index < -0.39 is 57.9 Å². The average Bonchev–Trinajstić information content (AvgIpc) is 2.80. The Morgan fingerprint density at radius 3 is 2.46 bits per heavy atom. The topological polar surface area (TPSA) is 127 Å². The van der Waals surface area contributed by atoms with Crippen LogP contribution in [0.2, 0.25) is 0 Å². The highest BCUT2D eigenvalue weighted by Gasteiger charge is 2.27. The second-order valence-corrected chi connectivity index (χ2v) is 7.98. The van der Waals surface area contributed by atoms with E-state index in [1.165, 1.54) is 4.90 Å². The molecule has 4 rings (SSSR count). The molecule has 184 valence electrons. The molecule has 0 bridgehead atoms. The lowest BCUT2D eigenvalue weighted by atomic mass is 10.1. The lowest BCUT2D eigenvalue weighted by Crippen LogP contribution is -2.44. The van der Waals surface area contributed by atoms with Crippen LogP contribution >= 0.6 is 0 Å². The fourth-order valence-corrected chi connectivity index (χ4v) is 4.06. The molecular weight excluding hydrogens is 469 g/mol. The number of nitrogens with two attached hydrogens (primary N) is 1. The monoisotopic (exact) mass is 490 g/mol. The molecule has 0 atom stereocenters. The van der Waals surface area contributed by atoms with Gasteiger partial charge in [-0.15, -0.1) is 0 Å². The van der Waals surface area contributed by atoms with Gasteiger partial charge in [-0.25, -0.2) is 18.0 Å². The minimum absolute atomic E-state index is 0.0145. The SMILES string of the molecule is CC(=O)OCc1cc(F)c(N)cc1-n1cc(C(=O)O)c(=O)c2cc(F)c(N3CCNCC3)c(F)c21. The highest BCUT2D eigenvalue weighted by Crippen LogP contribution is 2.33. The first-order chi connectivity index (χ1) is 16.6. The number of hydrogen-bond acceptors (Lipinski definition) is 7. The first kappa shape index (κ1) is 24.1. The van der Waals surface area contributed by atoms with E-state index in [-0.39, 0.29) is 35.7 Å². The first-order valence-corrected chi connectivity index (χ1v) is 10.6. The second-order valence-electron chi connectivity index (χ2n) is 7.98. The predicted octanol–water partition coefficient (Wildman–Crippen LogP) is 2.16. The highest BCUT2D eigenvalue weighted by molar-refractivity contribution is 5.94. The van der Waals surface area contributed by atoms with Gasteiger partial charge in [0.25, 0.3) is 0 Å². The van der Waals surface area contributed by atoms with Crippen molar-refractivity contribution in [3.8, 4) is 5.69 Å². The van der Waals surface area contributed by atoms with Crippen molar-refractivity contribution in [2.24, 2.45) is 0 Å². The molecule has 4 N–H and O–H groups in total. The first-order valence-electron chi connectivity index (χ1n) is 10.6. The molecule has 0 aliphatic carbocycles. The Kier molecular flexibility index (Phi) is 6.39. The van der Waals surface area contributed by atoms with Crippen LogP contribution in [-0.4, -0.2) is 47.8 Å². The van der Waals surface area contributed by atoms with Gasteiger partial charge in [0.15, 0.2) is 5.82 Å². The van der Waals surface area contributed by atoms with Crippen LogP contribution in [0.25, 0.3) is 16.6 Å². The van der Waals surface area contributed by atoms with Crippen molar-refractivity contribution >= 4 is 34.2 Å². The van der Waals surface area contributed by atoms with Crippen molar-refractivity contribution < 1.29 is 32.6 Å². The van der Waals surface area contributed by atoms with Gasteiger partial charge >= 0.3 is 11.9 Å². The minimum atomic E-state index is -1.63. The fraction of sp³-hybridized carbons (Fsp3) is 0.261. The van der Waals surface area contributed by atoms with Crippen LogP contribution in [0, 0.1) is 17.5 Å². The maximum atomic E-state index is 16.0. The molecule has 2 heterocycles. The van der Waals surface area contributed by atoms with Crippen molar-refractivity contribution in [2.75, 3.05) is 36.8 Å². The molecule has 0 unspecified atom stereocenters. The lowest BCUT2D eigenvalue weighted by molar-refractivity contribution is -0.142. The maximum absolute atomic E-state index is 16.0. The molecule has 1 fully saturated rings. The Bertz CT molecular complexity index is 1420. The Morgan fingerprint density at radius 1 is 1.14 bits per heavy atom. The van der Waals surface area contributed by atoms with Crippen LogP contribution < -0.4 is 21.4 Å². The number of carbonyl (C=O) groups excluding carboxylic acids is 1. The van der Waals surface area contributed by atoms with Gasteiger partial charge in [-0.3, -0.25) is 9.59 Å². The number of rotatable bonds is 5. The minimum Gasteiger partial charge on any atom is -0.477 e. The average molecular weight is 490 g/mol. The van der Waals surface area contributed by atoms with Crippen molar-refractivity contribution in [3.63, 3.8) is 0 Å². The van der Waals surface area contributed by atoms with Gasteiger partial charge in [-0.05, 0) is 18.2 Å². The number of aromatic carboxylic acids is 1. The predicted molar refractivity (Wildman–Crippen MR) is 121 cm³/mol. The van der Waals surface area contributed by atoms with Gasteiger partial charge in [0.1, 0.15) is 29.5 Å². The van der Waals surface area contributed by atoms with E-state index in [0.29, 0.717) is 13.1 Å². The van der Waals surface area contributed by atoms with Crippen molar-refractivity contribution in [2.45, 2.75) is 13.5 Å².